The van der Waals surface area contributed by atoms with Crippen molar-refractivity contribution in [3.05, 3.63) is 36.8 Å². The van der Waals surface area contributed by atoms with Gasteiger partial charge in [0.1, 0.15) is 23.5 Å². The number of nitrogens with one attached hydrogen (secondary N) is 3. The van der Waals surface area contributed by atoms with Gasteiger partial charge in [-0.1, -0.05) is 6.92 Å². The zero-order chi connectivity index (χ0) is 20.4. The van der Waals surface area contributed by atoms with Crippen molar-refractivity contribution in [2.75, 3.05) is 11.9 Å². The molecule has 1 atom stereocenters. The summed E-state index contributed by atoms with van der Waals surface area (Å²) in [5.41, 5.74) is 0.148. The average molecular weight is 396 g/mol. The maximum Gasteiger partial charge on any atom is 0.405 e. The van der Waals surface area contributed by atoms with Crippen molar-refractivity contribution >= 4 is 22.8 Å². The highest BCUT2D eigenvalue weighted by atomic mass is 19.4. The number of halogens is 3. The Morgan fingerprint density at radius 1 is 1.25 bits per heavy atom. The molecule has 0 unspecified atom stereocenters. The molecule has 3 N–H and O–H groups in total. The lowest BCUT2D eigenvalue weighted by molar-refractivity contribution is -0.140. The predicted octanol–water partition coefficient (Wildman–Crippen LogP) is 3.77. The second kappa shape index (κ2) is 7.45. The van der Waals surface area contributed by atoms with Crippen LogP contribution in [0.3, 0.4) is 0 Å². The molecule has 3 aromatic heterocycles. The van der Waals surface area contributed by atoms with E-state index in [1.54, 1.807) is 31.5 Å². The molecule has 0 spiro atoms. The van der Waals surface area contributed by atoms with E-state index in [9.17, 15) is 18.0 Å². The van der Waals surface area contributed by atoms with Gasteiger partial charge < -0.3 is 15.6 Å². The van der Waals surface area contributed by atoms with E-state index in [0.29, 0.717) is 17.3 Å². The second-order valence-corrected chi connectivity index (χ2v) is 6.48. The van der Waals surface area contributed by atoms with Gasteiger partial charge in [-0.2, -0.15) is 13.2 Å². The van der Waals surface area contributed by atoms with Gasteiger partial charge in [-0.05, 0) is 31.5 Å². The van der Waals surface area contributed by atoms with Crippen molar-refractivity contribution < 1.29 is 20.8 Å². The summed E-state index contributed by atoms with van der Waals surface area (Å²) >= 11 is 0. The van der Waals surface area contributed by atoms with Crippen molar-refractivity contribution in [1.82, 2.24) is 25.3 Å². The Balaban J connectivity index is 0.00000225. The fourth-order valence-electron chi connectivity index (χ4n) is 2.66. The second-order valence-electron chi connectivity index (χ2n) is 6.48. The average Bonchev–Trinajstić information content (AvgIpc) is 3.09. The van der Waals surface area contributed by atoms with Crippen LogP contribution < -0.4 is 10.6 Å². The highest BCUT2D eigenvalue weighted by molar-refractivity contribution is 5.92. The molecule has 0 radical (unpaired) electrons. The molecule has 0 fully saturated rings. The summed E-state index contributed by atoms with van der Waals surface area (Å²) < 4.78 is 37.2. The number of hydrogen-bond acceptors (Lipinski definition) is 5. The van der Waals surface area contributed by atoms with Crippen LogP contribution in [0, 0.1) is 0 Å². The normalized spacial score (nSPS) is 13.9. The van der Waals surface area contributed by atoms with Gasteiger partial charge in [-0.25, -0.2) is 15.0 Å². The maximum absolute atomic E-state index is 12.4. The van der Waals surface area contributed by atoms with Crippen LogP contribution in [0.5, 0.6) is 0 Å². The van der Waals surface area contributed by atoms with E-state index < -0.39 is 24.2 Å². The molecule has 3 heterocycles. The first-order valence-corrected chi connectivity index (χ1v) is 8.60. The van der Waals surface area contributed by atoms with Crippen LogP contribution in [0.1, 0.15) is 23.1 Å². The van der Waals surface area contributed by atoms with Crippen molar-refractivity contribution in [2.45, 2.75) is 32.0 Å². The minimum atomic E-state index is -4.48. The fourth-order valence-corrected chi connectivity index (χ4v) is 2.66. The molecule has 3 aromatic rings. The van der Waals surface area contributed by atoms with Crippen molar-refractivity contribution in [1.29, 1.82) is 0 Å². The first-order chi connectivity index (χ1) is 13.2. The standard InChI is InChI=1S/C18H19F3N6O.2H2/c1-3-17(2,16(28)25-10-18(19,20)21)27-13-6-8-23-15(26-13)12-9-24-14-11(12)5-4-7-22-14;;/h4-9H,3,10H2,1-2H3,(H,22,24)(H,25,28)(H,23,26,27);2*1H/t17-;;/m1../s1. The molecule has 0 bridgehead atoms. The Bertz CT molecular complexity index is 997. The molecule has 0 aromatic carbocycles. The number of pyridine rings is 1. The summed E-state index contributed by atoms with van der Waals surface area (Å²) in [6, 6.07) is 5.22. The van der Waals surface area contributed by atoms with E-state index in [1.807, 2.05) is 11.4 Å². The number of fused-ring (bicyclic) bond motifs is 1. The minimum Gasteiger partial charge on any atom is -0.356 e. The minimum absolute atomic E-state index is 0. The molecule has 152 valence electrons. The number of H-pyrrole nitrogens is 1. The lowest BCUT2D eigenvalue weighted by Gasteiger charge is -2.29. The summed E-state index contributed by atoms with van der Waals surface area (Å²) in [7, 11) is 0. The van der Waals surface area contributed by atoms with Crippen LogP contribution in [0.4, 0.5) is 19.0 Å². The van der Waals surface area contributed by atoms with Crippen LogP contribution in [-0.4, -0.2) is 44.1 Å². The topological polar surface area (TPSA) is 95.6 Å². The molecule has 28 heavy (non-hydrogen) atoms. The SMILES string of the molecule is CC[C@@](C)(Nc1ccnc(-c2c[nH]c3ncccc23)n1)C(=O)NCC(F)(F)F.[HH].[HH]. The van der Waals surface area contributed by atoms with Crippen LogP contribution in [-0.2, 0) is 4.79 Å². The van der Waals surface area contributed by atoms with E-state index in [-0.39, 0.29) is 9.27 Å². The number of nitrogens with zero attached hydrogens (tertiary/aromatic N) is 3. The Morgan fingerprint density at radius 2 is 2.04 bits per heavy atom. The summed E-state index contributed by atoms with van der Waals surface area (Å²) in [6.45, 7) is 1.84. The Kier molecular flexibility index (Phi) is 5.21. The quantitative estimate of drug-likeness (QED) is 0.589. The number of anilines is 1. The largest absolute Gasteiger partial charge is 0.405 e. The molecule has 3 rings (SSSR count). The highest BCUT2D eigenvalue weighted by Crippen LogP contribution is 2.26. The van der Waals surface area contributed by atoms with Gasteiger partial charge in [-0.15, -0.1) is 0 Å². The molecule has 0 aliphatic heterocycles. The van der Waals surface area contributed by atoms with Crippen molar-refractivity contribution in [3.63, 3.8) is 0 Å². The molecule has 0 saturated heterocycles. The monoisotopic (exact) mass is 396 g/mol. The van der Waals surface area contributed by atoms with Crippen LogP contribution >= 0.6 is 0 Å². The molecule has 0 aliphatic carbocycles. The zero-order valence-corrected chi connectivity index (χ0v) is 15.3. The molecule has 7 nitrogen and oxygen atoms in total. The lowest BCUT2D eigenvalue weighted by atomic mass is 9.97. The van der Waals surface area contributed by atoms with Crippen LogP contribution in [0.15, 0.2) is 36.8 Å². The van der Waals surface area contributed by atoms with E-state index in [4.69, 9.17) is 0 Å². The number of aromatic nitrogens is 4. The number of aromatic amines is 1. The first-order valence-electron chi connectivity index (χ1n) is 8.60. The van der Waals surface area contributed by atoms with Crippen LogP contribution in [0.25, 0.3) is 22.4 Å². The van der Waals surface area contributed by atoms with Gasteiger partial charge in [0.15, 0.2) is 5.82 Å². The Hall–Kier alpha value is -3.17. The zero-order valence-electron chi connectivity index (χ0n) is 15.3. The number of amides is 1. The number of hydrogen-bond donors (Lipinski definition) is 3. The summed E-state index contributed by atoms with van der Waals surface area (Å²) in [5, 5.41) is 5.69. The van der Waals surface area contributed by atoms with E-state index >= 15 is 0 Å². The molecule has 10 heteroatoms. The van der Waals surface area contributed by atoms with Gasteiger partial charge in [0, 0.05) is 32.4 Å². The summed E-state index contributed by atoms with van der Waals surface area (Å²) in [5.74, 6) is -0.0306. The lowest BCUT2D eigenvalue weighted by Crippen LogP contribution is -2.52. The fraction of sp³-hybridized carbons (Fsp3) is 0.333. The third kappa shape index (κ3) is 4.21. The first kappa shape index (κ1) is 19.6. The van der Waals surface area contributed by atoms with Gasteiger partial charge in [0.2, 0.25) is 5.91 Å². The van der Waals surface area contributed by atoms with Crippen LogP contribution in [0.2, 0.25) is 0 Å². The van der Waals surface area contributed by atoms with Crippen molar-refractivity contribution in [2.24, 2.45) is 0 Å². The number of rotatable bonds is 6. The predicted molar refractivity (Wildman–Crippen MR) is 103 cm³/mol. The highest BCUT2D eigenvalue weighted by Gasteiger charge is 2.35. The third-order valence-electron chi connectivity index (χ3n) is 4.41. The Labute approximate surface area is 161 Å². The smallest absolute Gasteiger partial charge is 0.356 e. The molecule has 1 amide bonds. The van der Waals surface area contributed by atoms with E-state index in [2.05, 4.69) is 25.3 Å². The van der Waals surface area contributed by atoms with Gasteiger partial charge in [0.25, 0.3) is 0 Å². The maximum atomic E-state index is 12.4. The van der Waals surface area contributed by atoms with Gasteiger partial charge >= 0.3 is 6.18 Å². The van der Waals surface area contributed by atoms with E-state index in [1.165, 1.54) is 13.1 Å². The molecule has 0 saturated carbocycles. The molecular weight excluding hydrogens is 373 g/mol. The summed E-state index contributed by atoms with van der Waals surface area (Å²) in [4.78, 5) is 28.2. The Morgan fingerprint density at radius 3 is 2.75 bits per heavy atom. The third-order valence-corrected chi connectivity index (χ3v) is 4.41. The number of carbonyl (C=O) groups excluding carboxylic acids is 1. The molecule has 0 aliphatic rings. The number of carbonyl (C=O) groups is 1. The van der Waals surface area contributed by atoms with Crippen molar-refractivity contribution in [3.8, 4) is 11.4 Å². The molecular formula is C18H23F3N6O. The van der Waals surface area contributed by atoms with Gasteiger partial charge in [-0.3, -0.25) is 4.79 Å². The summed E-state index contributed by atoms with van der Waals surface area (Å²) in [6.07, 6.45) is 0.686. The number of alkyl halides is 3. The van der Waals surface area contributed by atoms with Gasteiger partial charge in [0.05, 0.1) is 0 Å². The van der Waals surface area contributed by atoms with E-state index in [0.717, 1.165) is 10.9 Å².